The number of amides is 2. The number of aryl methyl sites for hydroxylation is 1. The molecule has 32 heavy (non-hydrogen) atoms. The van der Waals surface area contributed by atoms with Gasteiger partial charge in [-0.05, 0) is 41.9 Å². The van der Waals surface area contributed by atoms with Crippen LogP contribution in [0.4, 0.5) is 5.69 Å². The number of rotatable bonds is 7. The molecule has 1 N–H and O–H groups in total. The second kappa shape index (κ2) is 10.1. The number of likely N-dealkylation sites (tertiary alicyclic amines) is 1. The molecule has 172 valence electrons. The van der Waals surface area contributed by atoms with E-state index in [0.29, 0.717) is 35.6 Å². The second-order valence-electron chi connectivity index (χ2n) is 9.25. The van der Waals surface area contributed by atoms with Gasteiger partial charge in [-0.3, -0.25) is 9.59 Å². The number of methoxy groups -OCH3 is 2. The lowest BCUT2D eigenvalue weighted by Gasteiger charge is -2.20. The van der Waals surface area contributed by atoms with Crippen molar-refractivity contribution in [1.82, 2.24) is 4.90 Å². The van der Waals surface area contributed by atoms with Gasteiger partial charge in [0.2, 0.25) is 5.91 Å². The normalized spacial score (nSPS) is 13.7. The molecule has 0 unspecified atom stereocenters. The van der Waals surface area contributed by atoms with Crippen LogP contribution in [0.2, 0.25) is 0 Å². The third-order valence-electron chi connectivity index (χ3n) is 5.88. The molecular weight excluding hydrogens is 404 g/mol. The molecule has 0 bridgehead atoms. The Hall–Kier alpha value is -3.02. The standard InChI is InChI=1S/C26H34N2O4/c1-26(2,3)19-11-8-18(9-12-19)10-13-24(29)27-21-17-23(32-5)22(31-4)16-20(21)25(30)28-14-6-7-15-28/h8-9,11-12,16-17H,6-7,10,13-15H2,1-5H3,(H,27,29). The summed E-state index contributed by atoms with van der Waals surface area (Å²) in [5.41, 5.74) is 3.34. The van der Waals surface area contributed by atoms with Gasteiger partial charge in [0.25, 0.3) is 5.91 Å². The third kappa shape index (κ3) is 5.61. The van der Waals surface area contributed by atoms with E-state index < -0.39 is 0 Å². The van der Waals surface area contributed by atoms with Crippen LogP contribution in [-0.4, -0.2) is 44.0 Å². The van der Waals surface area contributed by atoms with Crippen LogP contribution >= 0.6 is 0 Å². The van der Waals surface area contributed by atoms with Gasteiger partial charge in [-0.15, -0.1) is 0 Å². The lowest BCUT2D eigenvalue weighted by atomic mass is 9.86. The fourth-order valence-corrected chi connectivity index (χ4v) is 3.89. The number of anilines is 1. The van der Waals surface area contributed by atoms with E-state index in [2.05, 4.69) is 50.4 Å². The van der Waals surface area contributed by atoms with Crippen molar-refractivity contribution in [3.63, 3.8) is 0 Å². The van der Waals surface area contributed by atoms with E-state index >= 15 is 0 Å². The highest BCUT2D eigenvalue weighted by molar-refractivity contribution is 6.04. The van der Waals surface area contributed by atoms with Gasteiger partial charge in [-0.1, -0.05) is 45.0 Å². The number of nitrogens with zero attached hydrogens (tertiary/aromatic N) is 1. The van der Waals surface area contributed by atoms with E-state index in [9.17, 15) is 9.59 Å². The predicted molar refractivity (Wildman–Crippen MR) is 127 cm³/mol. The summed E-state index contributed by atoms with van der Waals surface area (Å²) in [6, 6.07) is 11.7. The molecule has 0 aromatic heterocycles. The minimum Gasteiger partial charge on any atom is -0.493 e. The van der Waals surface area contributed by atoms with Crippen molar-refractivity contribution in [2.45, 2.75) is 51.9 Å². The van der Waals surface area contributed by atoms with Crippen LogP contribution in [0.15, 0.2) is 36.4 Å². The monoisotopic (exact) mass is 438 g/mol. The van der Waals surface area contributed by atoms with Crippen LogP contribution in [-0.2, 0) is 16.6 Å². The van der Waals surface area contributed by atoms with Crippen molar-refractivity contribution < 1.29 is 19.1 Å². The Morgan fingerprint density at radius 3 is 2.12 bits per heavy atom. The molecule has 0 atom stereocenters. The van der Waals surface area contributed by atoms with Crippen molar-refractivity contribution in [1.29, 1.82) is 0 Å². The Morgan fingerprint density at radius 1 is 0.969 bits per heavy atom. The molecule has 1 aliphatic heterocycles. The van der Waals surface area contributed by atoms with Crippen LogP contribution < -0.4 is 14.8 Å². The Labute approximate surface area is 190 Å². The summed E-state index contributed by atoms with van der Waals surface area (Å²) in [5, 5.41) is 2.92. The van der Waals surface area contributed by atoms with E-state index in [1.165, 1.54) is 19.8 Å². The van der Waals surface area contributed by atoms with Gasteiger partial charge in [-0.25, -0.2) is 0 Å². The van der Waals surface area contributed by atoms with Crippen molar-refractivity contribution >= 4 is 17.5 Å². The zero-order valence-electron chi connectivity index (χ0n) is 19.8. The van der Waals surface area contributed by atoms with Crippen LogP contribution in [0.3, 0.4) is 0 Å². The molecule has 0 spiro atoms. The first-order chi connectivity index (χ1) is 15.2. The number of hydrogen-bond donors (Lipinski definition) is 1. The lowest BCUT2D eigenvalue weighted by molar-refractivity contribution is -0.116. The molecule has 2 aromatic rings. The van der Waals surface area contributed by atoms with Gasteiger partial charge < -0.3 is 19.7 Å². The Kier molecular flexibility index (Phi) is 7.44. The highest BCUT2D eigenvalue weighted by Gasteiger charge is 2.25. The molecule has 2 amide bonds. The van der Waals surface area contributed by atoms with Crippen LogP contribution in [0, 0.1) is 0 Å². The highest BCUT2D eigenvalue weighted by atomic mass is 16.5. The Morgan fingerprint density at radius 2 is 1.56 bits per heavy atom. The summed E-state index contributed by atoms with van der Waals surface area (Å²) in [6.07, 6.45) is 2.93. The molecule has 6 heteroatoms. The van der Waals surface area contributed by atoms with E-state index in [0.717, 1.165) is 31.5 Å². The van der Waals surface area contributed by atoms with E-state index in [4.69, 9.17) is 9.47 Å². The zero-order valence-corrected chi connectivity index (χ0v) is 19.8. The first-order valence-corrected chi connectivity index (χ1v) is 11.2. The molecule has 6 nitrogen and oxygen atoms in total. The summed E-state index contributed by atoms with van der Waals surface area (Å²) >= 11 is 0. The molecule has 1 saturated heterocycles. The molecule has 0 saturated carbocycles. The summed E-state index contributed by atoms with van der Waals surface area (Å²) < 4.78 is 10.8. The summed E-state index contributed by atoms with van der Waals surface area (Å²) in [6.45, 7) is 8.00. The summed E-state index contributed by atoms with van der Waals surface area (Å²) in [7, 11) is 3.07. The van der Waals surface area contributed by atoms with E-state index in [-0.39, 0.29) is 17.2 Å². The molecule has 0 aliphatic carbocycles. The maximum Gasteiger partial charge on any atom is 0.256 e. The third-order valence-corrected chi connectivity index (χ3v) is 5.88. The van der Waals surface area contributed by atoms with Gasteiger partial charge in [0.15, 0.2) is 11.5 Å². The Balaban J connectivity index is 1.74. The molecule has 1 aliphatic rings. The minimum atomic E-state index is -0.146. The van der Waals surface area contributed by atoms with Crippen LogP contribution in [0.1, 0.15) is 61.5 Å². The molecular formula is C26H34N2O4. The summed E-state index contributed by atoms with van der Waals surface area (Å²) in [5.74, 6) is 0.689. The average molecular weight is 439 g/mol. The molecule has 1 fully saturated rings. The SMILES string of the molecule is COc1cc(NC(=O)CCc2ccc(C(C)(C)C)cc2)c(C(=O)N2CCCC2)cc1OC. The number of carbonyl (C=O) groups excluding carboxylic acids is 2. The van der Waals surface area contributed by atoms with Gasteiger partial charge >= 0.3 is 0 Å². The van der Waals surface area contributed by atoms with Crippen LogP contribution in [0.25, 0.3) is 0 Å². The highest BCUT2D eigenvalue weighted by Crippen LogP contribution is 2.34. The first kappa shape index (κ1) is 23.6. The minimum absolute atomic E-state index is 0.0988. The molecule has 2 aromatic carbocycles. The van der Waals surface area contributed by atoms with E-state index in [1.807, 2.05) is 4.90 Å². The molecule has 1 heterocycles. The zero-order chi connectivity index (χ0) is 23.3. The number of ether oxygens (including phenoxy) is 2. The molecule has 0 radical (unpaired) electrons. The van der Waals surface area contributed by atoms with Crippen molar-refractivity contribution in [2.75, 3.05) is 32.6 Å². The fraction of sp³-hybridized carbons (Fsp3) is 0.462. The van der Waals surface area contributed by atoms with Crippen molar-refractivity contribution in [3.8, 4) is 11.5 Å². The maximum atomic E-state index is 13.1. The largest absolute Gasteiger partial charge is 0.493 e. The fourth-order valence-electron chi connectivity index (χ4n) is 3.89. The Bertz CT molecular complexity index is 955. The molecule has 3 rings (SSSR count). The van der Waals surface area contributed by atoms with Crippen LogP contribution in [0.5, 0.6) is 11.5 Å². The predicted octanol–water partition coefficient (Wildman–Crippen LogP) is 4.81. The number of carbonyl (C=O) groups is 2. The van der Waals surface area contributed by atoms with Crippen molar-refractivity contribution in [2.24, 2.45) is 0 Å². The average Bonchev–Trinajstić information content (AvgIpc) is 3.31. The second-order valence-corrected chi connectivity index (χ2v) is 9.25. The van der Waals surface area contributed by atoms with Gasteiger partial charge in [0.1, 0.15) is 0 Å². The van der Waals surface area contributed by atoms with Gasteiger partial charge in [-0.2, -0.15) is 0 Å². The number of hydrogen-bond acceptors (Lipinski definition) is 4. The van der Waals surface area contributed by atoms with Gasteiger partial charge in [0, 0.05) is 25.6 Å². The maximum absolute atomic E-state index is 13.1. The number of nitrogens with one attached hydrogen (secondary N) is 1. The lowest BCUT2D eigenvalue weighted by Crippen LogP contribution is -2.29. The first-order valence-electron chi connectivity index (χ1n) is 11.2. The van der Waals surface area contributed by atoms with E-state index in [1.54, 1.807) is 12.1 Å². The topological polar surface area (TPSA) is 67.9 Å². The smallest absolute Gasteiger partial charge is 0.256 e. The van der Waals surface area contributed by atoms with Crippen molar-refractivity contribution in [3.05, 3.63) is 53.1 Å². The quantitative estimate of drug-likeness (QED) is 0.674. The van der Waals surface area contributed by atoms with Gasteiger partial charge in [0.05, 0.1) is 25.5 Å². The summed E-state index contributed by atoms with van der Waals surface area (Å²) in [4.78, 5) is 27.7. The number of benzene rings is 2.